The van der Waals surface area contributed by atoms with Crippen LogP contribution in [0.1, 0.15) is 20.8 Å². The molecular formula is C10H17BO2. The molecule has 0 unspecified atom stereocenters. The average Bonchev–Trinajstić information content (AvgIpc) is 2.52. The molecule has 0 atom stereocenters. The van der Waals surface area contributed by atoms with E-state index in [4.69, 9.17) is 4.65 Å². The van der Waals surface area contributed by atoms with E-state index in [1.165, 1.54) is 0 Å². The highest BCUT2D eigenvalue weighted by Crippen LogP contribution is 2.20. The van der Waals surface area contributed by atoms with Crippen molar-refractivity contribution in [3.8, 4) is 0 Å². The van der Waals surface area contributed by atoms with Gasteiger partial charge in [-0.05, 0) is 18.0 Å². The summed E-state index contributed by atoms with van der Waals surface area (Å²) in [7, 11) is -0.765. The van der Waals surface area contributed by atoms with Crippen molar-refractivity contribution in [3.63, 3.8) is 0 Å². The lowest BCUT2D eigenvalue weighted by Crippen LogP contribution is -2.12. The Morgan fingerprint density at radius 1 is 1.54 bits per heavy atom. The van der Waals surface area contributed by atoms with Crippen molar-refractivity contribution in [3.05, 3.63) is 35.9 Å². The molecule has 1 rings (SSSR count). The number of hydrogen-bond donors (Lipinski definition) is 1. The molecule has 1 heterocycles. The molecule has 2 nitrogen and oxygen atoms in total. The maximum atomic E-state index is 9.24. The highest BCUT2D eigenvalue weighted by atomic mass is 16.5. The standard InChI is InChI=1S/C8H11BO2.C2H6/c1-3-5-8-7(4-2)6-11-9(8)10;1-2/h3-5,10H,1,6H2,2H3;1-2H3/b7-4-,8-5+;. The summed E-state index contributed by atoms with van der Waals surface area (Å²) in [6.45, 7) is 9.98. The monoisotopic (exact) mass is 180 g/mol. The second-order valence-electron chi connectivity index (χ2n) is 2.33. The van der Waals surface area contributed by atoms with Crippen molar-refractivity contribution in [2.75, 3.05) is 6.61 Å². The molecule has 1 saturated heterocycles. The summed E-state index contributed by atoms with van der Waals surface area (Å²) in [5, 5.41) is 9.24. The highest BCUT2D eigenvalue weighted by Gasteiger charge is 2.28. The molecular weight excluding hydrogens is 163 g/mol. The second-order valence-corrected chi connectivity index (χ2v) is 2.33. The van der Waals surface area contributed by atoms with E-state index in [-0.39, 0.29) is 0 Å². The zero-order valence-corrected chi connectivity index (χ0v) is 8.58. The molecule has 0 aromatic rings. The molecule has 0 amide bonds. The van der Waals surface area contributed by atoms with Crippen molar-refractivity contribution in [1.82, 2.24) is 0 Å². The van der Waals surface area contributed by atoms with Crippen LogP contribution in [0, 0.1) is 0 Å². The average molecular weight is 180 g/mol. The fourth-order valence-corrected chi connectivity index (χ4v) is 1.07. The van der Waals surface area contributed by atoms with Crippen molar-refractivity contribution in [1.29, 1.82) is 0 Å². The molecule has 0 radical (unpaired) electrons. The quantitative estimate of drug-likeness (QED) is 0.626. The predicted molar refractivity (Wildman–Crippen MR) is 57.3 cm³/mol. The van der Waals surface area contributed by atoms with Gasteiger partial charge in [0.2, 0.25) is 0 Å². The zero-order valence-electron chi connectivity index (χ0n) is 8.58. The Morgan fingerprint density at radius 2 is 2.15 bits per heavy atom. The van der Waals surface area contributed by atoms with Gasteiger partial charge < -0.3 is 9.68 Å². The summed E-state index contributed by atoms with van der Waals surface area (Å²) in [6, 6.07) is 0. The third-order valence-corrected chi connectivity index (χ3v) is 1.68. The summed E-state index contributed by atoms with van der Waals surface area (Å²) in [5.74, 6) is 0. The van der Waals surface area contributed by atoms with Gasteiger partial charge in [-0.2, -0.15) is 0 Å². The van der Waals surface area contributed by atoms with E-state index in [9.17, 15) is 5.02 Å². The Bertz CT molecular complexity index is 219. The molecule has 0 aromatic heterocycles. The molecule has 1 N–H and O–H groups in total. The summed E-state index contributed by atoms with van der Waals surface area (Å²) in [5.41, 5.74) is 1.86. The Hall–Kier alpha value is -0.795. The SMILES string of the molecule is C=C/C=C1/B(O)OC/C1=C/C.CC. The lowest BCUT2D eigenvalue weighted by atomic mass is 9.77. The first-order valence-electron chi connectivity index (χ1n) is 4.57. The summed E-state index contributed by atoms with van der Waals surface area (Å²) < 4.78 is 4.99. The largest absolute Gasteiger partial charge is 0.491 e. The molecule has 0 spiro atoms. The Kier molecular flexibility index (Phi) is 6.28. The van der Waals surface area contributed by atoms with Crippen molar-refractivity contribution in [2.24, 2.45) is 0 Å². The van der Waals surface area contributed by atoms with Gasteiger partial charge >= 0.3 is 7.12 Å². The number of rotatable bonds is 1. The summed E-state index contributed by atoms with van der Waals surface area (Å²) >= 11 is 0. The van der Waals surface area contributed by atoms with E-state index in [2.05, 4.69) is 6.58 Å². The van der Waals surface area contributed by atoms with Crippen molar-refractivity contribution in [2.45, 2.75) is 20.8 Å². The van der Waals surface area contributed by atoms with Crippen LogP contribution in [0.15, 0.2) is 35.9 Å². The summed E-state index contributed by atoms with van der Waals surface area (Å²) in [6.07, 6.45) is 5.36. The Balaban J connectivity index is 0.000000671. The van der Waals surface area contributed by atoms with Gasteiger partial charge in [0.1, 0.15) is 0 Å². The van der Waals surface area contributed by atoms with E-state index in [0.29, 0.717) is 6.61 Å². The van der Waals surface area contributed by atoms with Gasteiger partial charge in [-0.25, -0.2) is 0 Å². The summed E-state index contributed by atoms with van der Waals surface area (Å²) in [4.78, 5) is 0. The van der Waals surface area contributed by atoms with Crippen LogP contribution < -0.4 is 0 Å². The molecule has 13 heavy (non-hydrogen) atoms. The van der Waals surface area contributed by atoms with E-state index in [1.807, 2.05) is 26.8 Å². The molecule has 1 aliphatic heterocycles. The van der Waals surface area contributed by atoms with Gasteiger partial charge in [-0.15, -0.1) is 0 Å². The fourth-order valence-electron chi connectivity index (χ4n) is 1.07. The van der Waals surface area contributed by atoms with E-state index in [1.54, 1.807) is 12.2 Å². The lowest BCUT2D eigenvalue weighted by Gasteiger charge is -1.95. The van der Waals surface area contributed by atoms with Crippen LogP contribution in [0.25, 0.3) is 0 Å². The van der Waals surface area contributed by atoms with E-state index >= 15 is 0 Å². The molecule has 0 aliphatic carbocycles. The first-order chi connectivity index (χ1) is 6.29. The molecule has 0 bridgehead atoms. The second kappa shape index (κ2) is 6.69. The van der Waals surface area contributed by atoms with Gasteiger partial charge in [0.05, 0.1) is 6.61 Å². The van der Waals surface area contributed by atoms with Crippen molar-refractivity contribution < 1.29 is 9.68 Å². The van der Waals surface area contributed by atoms with Crippen LogP contribution in [-0.4, -0.2) is 18.7 Å². The maximum absolute atomic E-state index is 9.24. The molecule has 1 aliphatic rings. The lowest BCUT2D eigenvalue weighted by molar-refractivity contribution is 0.316. The van der Waals surface area contributed by atoms with Gasteiger partial charge in [-0.3, -0.25) is 0 Å². The van der Waals surface area contributed by atoms with Crippen LogP contribution in [0.3, 0.4) is 0 Å². The van der Waals surface area contributed by atoms with Gasteiger partial charge in [0.25, 0.3) is 0 Å². The molecule has 0 saturated carbocycles. The molecule has 0 aromatic carbocycles. The maximum Gasteiger partial charge on any atom is 0.491 e. The van der Waals surface area contributed by atoms with Crippen LogP contribution in [-0.2, 0) is 4.65 Å². The van der Waals surface area contributed by atoms with Crippen LogP contribution in [0.4, 0.5) is 0 Å². The van der Waals surface area contributed by atoms with Crippen molar-refractivity contribution >= 4 is 7.12 Å². The molecule has 72 valence electrons. The third-order valence-electron chi connectivity index (χ3n) is 1.68. The van der Waals surface area contributed by atoms with Crippen LogP contribution in [0.2, 0.25) is 0 Å². The van der Waals surface area contributed by atoms with Gasteiger partial charge in [0.15, 0.2) is 0 Å². The third kappa shape index (κ3) is 3.21. The number of hydrogen-bond acceptors (Lipinski definition) is 2. The number of allylic oxidation sites excluding steroid dienone is 3. The Labute approximate surface area is 80.8 Å². The zero-order chi connectivity index (χ0) is 10.3. The smallest absolute Gasteiger partial charge is 0.423 e. The van der Waals surface area contributed by atoms with E-state index in [0.717, 1.165) is 11.0 Å². The molecule has 3 heteroatoms. The predicted octanol–water partition coefficient (Wildman–Crippen LogP) is 2.12. The highest BCUT2D eigenvalue weighted by molar-refractivity contribution is 6.55. The van der Waals surface area contributed by atoms with Gasteiger partial charge in [-0.1, -0.05) is 38.7 Å². The minimum Gasteiger partial charge on any atom is -0.423 e. The first-order valence-corrected chi connectivity index (χ1v) is 4.57. The topological polar surface area (TPSA) is 29.5 Å². The van der Waals surface area contributed by atoms with E-state index < -0.39 is 7.12 Å². The fraction of sp³-hybridized carbons (Fsp3) is 0.400. The Morgan fingerprint density at radius 3 is 2.62 bits per heavy atom. The minimum atomic E-state index is -0.765. The van der Waals surface area contributed by atoms with Gasteiger partial charge in [0, 0.05) is 0 Å². The first kappa shape index (κ1) is 12.2. The molecule has 1 fully saturated rings. The minimum absolute atomic E-state index is 0.497. The van der Waals surface area contributed by atoms with Crippen LogP contribution >= 0.6 is 0 Å². The van der Waals surface area contributed by atoms with Crippen LogP contribution in [0.5, 0.6) is 0 Å². The normalized spacial score (nSPS) is 21.7.